The van der Waals surface area contributed by atoms with Crippen LogP contribution in [0.25, 0.3) is 0 Å². The molecule has 114 valence electrons. The van der Waals surface area contributed by atoms with Gasteiger partial charge >= 0.3 is 0 Å². The topological polar surface area (TPSA) is 29.9 Å². The van der Waals surface area contributed by atoms with E-state index in [1.165, 1.54) is 6.07 Å². The molecule has 1 atom stereocenters. The lowest BCUT2D eigenvalue weighted by Crippen LogP contribution is -2.27. The zero-order valence-electron chi connectivity index (χ0n) is 12.0. The fraction of sp³-hybridized carbons (Fsp3) is 0.400. The van der Waals surface area contributed by atoms with E-state index in [-0.39, 0.29) is 11.1 Å². The van der Waals surface area contributed by atoms with Crippen LogP contribution in [0.15, 0.2) is 24.4 Å². The van der Waals surface area contributed by atoms with Crippen LogP contribution in [0.5, 0.6) is 0 Å². The van der Waals surface area contributed by atoms with Crippen molar-refractivity contribution in [1.82, 2.24) is 15.1 Å². The molecule has 2 aromatic rings. The molecule has 0 aliphatic carbocycles. The predicted molar refractivity (Wildman–Crippen MR) is 84.5 cm³/mol. The summed E-state index contributed by atoms with van der Waals surface area (Å²) < 4.78 is 16.2. The first-order valence-corrected chi connectivity index (χ1v) is 7.74. The largest absolute Gasteiger partial charge is 0.305 e. The highest BCUT2D eigenvalue weighted by atomic mass is 35.5. The van der Waals surface area contributed by atoms with E-state index in [0.29, 0.717) is 17.1 Å². The van der Waals surface area contributed by atoms with E-state index in [9.17, 15) is 4.39 Å². The number of hydrogen-bond donors (Lipinski definition) is 1. The lowest BCUT2D eigenvalue weighted by atomic mass is 10.0. The molecule has 0 fully saturated rings. The van der Waals surface area contributed by atoms with Crippen molar-refractivity contribution in [2.45, 2.75) is 32.9 Å². The number of aromatic nitrogens is 2. The van der Waals surface area contributed by atoms with Crippen LogP contribution in [0, 0.1) is 5.82 Å². The minimum atomic E-state index is -0.423. The number of hydrogen-bond acceptors (Lipinski definition) is 2. The van der Waals surface area contributed by atoms with Gasteiger partial charge in [0.05, 0.1) is 28.0 Å². The fourth-order valence-corrected chi connectivity index (χ4v) is 2.73. The number of benzene rings is 1. The van der Waals surface area contributed by atoms with Gasteiger partial charge in [-0.2, -0.15) is 5.10 Å². The Hall–Kier alpha value is -1.10. The van der Waals surface area contributed by atoms with E-state index in [4.69, 9.17) is 23.2 Å². The van der Waals surface area contributed by atoms with Crippen molar-refractivity contribution in [2.24, 2.45) is 0 Å². The fourth-order valence-electron chi connectivity index (χ4n) is 2.30. The minimum Gasteiger partial charge on any atom is -0.305 e. The Bertz CT molecular complexity index is 613. The standard InChI is InChI=1S/C15H18Cl2FN3/c1-3-8-19-14(10-6-5-7-11(16)13(10)18)15-12(17)9-20-21(15)4-2/h5-7,9,14,19H,3-4,8H2,1-2H3. The quantitative estimate of drug-likeness (QED) is 0.849. The molecule has 0 radical (unpaired) electrons. The summed E-state index contributed by atoms with van der Waals surface area (Å²) in [5, 5.41) is 8.18. The van der Waals surface area contributed by atoms with Crippen LogP contribution in [-0.4, -0.2) is 16.3 Å². The molecule has 1 N–H and O–H groups in total. The monoisotopic (exact) mass is 329 g/mol. The maximum absolute atomic E-state index is 14.4. The summed E-state index contributed by atoms with van der Waals surface area (Å²) in [6.45, 7) is 5.42. The summed E-state index contributed by atoms with van der Waals surface area (Å²) in [7, 11) is 0. The third kappa shape index (κ3) is 3.39. The summed E-state index contributed by atoms with van der Waals surface area (Å²) in [4.78, 5) is 0. The SMILES string of the molecule is CCCNC(c1cccc(Cl)c1F)c1c(Cl)cnn1CC. The summed E-state index contributed by atoms with van der Waals surface area (Å²) in [6.07, 6.45) is 2.51. The minimum absolute atomic E-state index is 0.106. The van der Waals surface area contributed by atoms with E-state index in [2.05, 4.69) is 17.3 Å². The molecule has 0 bridgehead atoms. The number of nitrogens with zero attached hydrogens (tertiary/aromatic N) is 2. The van der Waals surface area contributed by atoms with Crippen molar-refractivity contribution >= 4 is 23.2 Å². The van der Waals surface area contributed by atoms with E-state index < -0.39 is 5.82 Å². The van der Waals surface area contributed by atoms with E-state index in [0.717, 1.165) is 18.7 Å². The second-order valence-corrected chi connectivity index (χ2v) is 5.54. The van der Waals surface area contributed by atoms with Gasteiger partial charge in [0.2, 0.25) is 0 Å². The molecule has 1 aromatic carbocycles. The molecule has 2 rings (SSSR count). The summed E-state index contributed by atoms with van der Waals surface area (Å²) in [5.74, 6) is -0.423. The van der Waals surface area contributed by atoms with Crippen molar-refractivity contribution < 1.29 is 4.39 Å². The number of rotatable bonds is 6. The normalized spacial score (nSPS) is 12.6. The molecule has 0 saturated heterocycles. The van der Waals surface area contributed by atoms with Gasteiger partial charge in [0.1, 0.15) is 5.82 Å². The first-order chi connectivity index (χ1) is 10.1. The average molecular weight is 330 g/mol. The number of aryl methyl sites for hydroxylation is 1. The first-order valence-electron chi connectivity index (χ1n) is 6.98. The van der Waals surface area contributed by atoms with Crippen LogP contribution < -0.4 is 5.32 Å². The lowest BCUT2D eigenvalue weighted by molar-refractivity contribution is 0.506. The Labute approximate surface area is 134 Å². The van der Waals surface area contributed by atoms with Crippen molar-refractivity contribution in [1.29, 1.82) is 0 Å². The first kappa shape index (κ1) is 16.3. The molecule has 0 spiro atoms. The highest BCUT2D eigenvalue weighted by Gasteiger charge is 2.24. The van der Waals surface area contributed by atoms with Gasteiger partial charge in [-0.25, -0.2) is 4.39 Å². The van der Waals surface area contributed by atoms with Crippen LogP contribution in [-0.2, 0) is 6.54 Å². The van der Waals surface area contributed by atoms with Gasteiger partial charge in [-0.1, -0.05) is 42.3 Å². The van der Waals surface area contributed by atoms with Gasteiger partial charge in [-0.15, -0.1) is 0 Å². The Morgan fingerprint density at radius 3 is 2.71 bits per heavy atom. The highest BCUT2D eigenvalue weighted by Crippen LogP contribution is 2.32. The van der Waals surface area contributed by atoms with Gasteiger partial charge < -0.3 is 5.32 Å². The molecule has 0 aliphatic heterocycles. The van der Waals surface area contributed by atoms with Gasteiger partial charge in [-0.3, -0.25) is 4.68 Å². The van der Waals surface area contributed by atoms with Crippen LogP contribution in [0.3, 0.4) is 0 Å². The highest BCUT2D eigenvalue weighted by molar-refractivity contribution is 6.31. The summed E-state index contributed by atoms with van der Waals surface area (Å²) in [6, 6.07) is 4.62. The van der Waals surface area contributed by atoms with Crippen molar-refractivity contribution in [2.75, 3.05) is 6.54 Å². The molecule has 0 amide bonds. The molecular formula is C15H18Cl2FN3. The van der Waals surface area contributed by atoms with Crippen LogP contribution >= 0.6 is 23.2 Å². The van der Waals surface area contributed by atoms with E-state index in [1.54, 1.807) is 23.0 Å². The third-order valence-electron chi connectivity index (χ3n) is 3.30. The van der Waals surface area contributed by atoms with E-state index in [1.807, 2.05) is 6.92 Å². The molecule has 1 unspecified atom stereocenters. The summed E-state index contributed by atoms with van der Waals surface area (Å²) >= 11 is 12.2. The van der Waals surface area contributed by atoms with Gasteiger partial charge in [-0.05, 0) is 26.0 Å². The second kappa shape index (κ2) is 7.25. The summed E-state index contributed by atoms with van der Waals surface area (Å²) in [5.41, 5.74) is 1.24. The molecule has 1 heterocycles. The maximum Gasteiger partial charge on any atom is 0.146 e. The zero-order valence-corrected chi connectivity index (χ0v) is 13.5. The molecule has 0 aliphatic rings. The second-order valence-electron chi connectivity index (χ2n) is 4.72. The predicted octanol–water partition coefficient (Wildman–Crippen LogP) is 4.44. The maximum atomic E-state index is 14.4. The molecule has 0 saturated carbocycles. The van der Waals surface area contributed by atoms with Gasteiger partial charge in [0.25, 0.3) is 0 Å². The molecule has 3 nitrogen and oxygen atoms in total. The third-order valence-corrected chi connectivity index (χ3v) is 3.88. The Morgan fingerprint density at radius 1 is 1.29 bits per heavy atom. The van der Waals surface area contributed by atoms with Gasteiger partial charge in [0, 0.05) is 12.1 Å². The average Bonchev–Trinajstić information content (AvgIpc) is 2.85. The Kier molecular flexibility index (Phi) is 5.62. The number of nitrogens with one attached hydrogen (secondary N) is 1. The van der Waals surface area contributed by atoms with Crippen molar-refractivity contribution in [3.63, 3.8) is 0 Å². The van der Waals surface area contributed by atoms with Crippen LogP contribution in [0.2, 0.25) is 10.0 Å². The number of halogens is 3. The molecule has 6 heteroatoms. The Morgan fingerprint density at radius 2 is 2.05 bits per heavy atom. The van der Waals surface area contributed by atoms with Crippen molar-refractivity contribution in [3.8, 4) is 0 Å². The van der Waals surface area contributed by atoms with Crippen molar-refractivity contribution in [3.05, 3.63) is 51.5 Å². The zero-order chi connectivity index (χ0) is 15.4. The smallest absolute Gasteiger partial charge is 0.146 e. The van der Waals surface area contributed by atoms with Crippen LogP contribution in [0.4, 0.5) is 4.39 Å². The lowest BCUT2D eigenvalue weighted by Gasteiger charge is -2.21. The van der Waals surface area contributed by atoms with E-state index >= 15 is 0 Å². The molecular weight excluding hydrogens is 312 g/mol. The molecule has 21 heavy (non-hydrogen) atoms. The Balaban J connectivity index is 2.52. The van der Waals surface area contributed by atoms with Crippen LogP contribution in [0.1, 0.15) is 37.6 Å². The molecule has 1 aromatic heterocycles. The van der Waals surface area contributed by atoms with Gasteiger partial charge in [0.15, 0.2) is 0 Å².